The maximum Gasteiger partial charge on any atom is 0.410 e. The zero-order chi connectivity index (χ0) is 75.2. The van der Waals surface area contributed by atoms with Gasteiger partial charge in [-0.3, -0.25) is 48.2 Å². The first-order valence-corrected chi connectivity index (χ1v) is 38.5. The van der Waals surface area contributed by atoms with Crippen molar-refractivity contribution in [2.75, 3.05) is 61.0 Å². The van der Waals surface area contributed by atoms with Crippen molar-refractivity contribution < 1.29 is 72.1 Å². The third-order valence-electron chi connectivity index (χ3n) is 20.2. The number of carbonyl (C=O) groups is 9. The molecule has 10 rings (SSSR count). The van der Waals surface area contributed by atoms with Crippen LogP contribution in [-0.4, -0.2) is 166 Å². The van der Waals surface area contributed by atoms with E-state index in [1.165, 1.54) is 28.4 Å². The van der Waals surface area contributed by atoms with Crippen molar-refractivity contribution in [1.29, 1.82) is 0 Å². The molecule has 2 aromatic carbocycles. The second-order valence-corrected chi connectivity index (χ2v) is 31.8. The summed E-state index contributed by atoms with van der Waals surface area (Å²) in [5, 5.41) is 29.7. The zero-order valence-corrected chi connectivity index (χ0v) is 61.7. The Labute approximate surface area is 613 Å². The number of aryl methyl sites for hydroxylation is 1. The van der Waals surface area contributed by atoms with Crippen molar-refractivity contribution in [3.8, 4) is 11.1 Å². The smallest absolute Gasteiger partial charge is 0.410 e. The first-order chi connectivity index (χ1) is 50.0. The van der Waals surface area contributed by atoms with Gasteiger partial charge in [0.25, 0.3) is 17.7 Å². The highest BCUT2D eigenvalue weighted by molar-refractivity contribution is 7.51. The van der Waals surface area contributed by atoms with Crippen LogP contribution in [0.1, 0.15) is 167 Å². The lowest BCUT2D eigenvalue weighted by Crippen LogP contribution is -2.54. The van der Waals surface area contributed by atoms with E-state index in [0.717, 1.165) is 64.9 Å². The minimum absolute atomic E-state index is 0.0116. The van der Waals surface area contributed by atoms with Crippen molar-refractivity contribution >= 4 is 99.5 Å². The molecule has 9 amide bonds. The molecule has 6 aromatic rings. The fourth-order valence-electron chi connectivity index (χ4n) is 15.4. The number of aromatic carboxylic acids is 1. The fourth-order valence-corrected chi connectivity index (χ4v) is 16.8. The minimum atomic E-state index is -4.42. The summed E-state index contributed by atoms with van der Waals surface area (Å²) < 4.78 is 27.7. The number of unbranched alkanes of at least 4 members (excludes halogenated alkanes) is 2. The van der Waals surface area contributed by atoms with E-state index in [1.54, 1.807) is 62.6 Å². The Morgan fingerprint density at radius 3 is 2.28 bits per heavy atom. The Balaban J connectivity index is 0.749. The monoisotopic (exact) mass is 1480 g/mol. The molecular weight excluding hydrogens is 1390 g/mol. The Kier molecular flexibility index (Phi) is 25.8. The van der Waals surface area contributed by atoms with Crippen LogP contribution >= 0.6 is 18.9 Å². The molecule has 2 aliphatic heterocycles. The number of primary amides is 1. The van der Waals surface area contributed by atoms with Gasteiger partial charge in [-0.05, 0) is 166 Å². The number of rotatable bonds is 35. The molecule has 10 N–H and O–H groups in total. The summed E-state index contributed by atoms with van der Waals surface area (Å²) in [7, 11) is -4.42. The van der Waals surface area contributed by atoms with Gasteiger partial charge in [0.1, 0.15) is 24.5 Å². The number of anilines is 3. The number of benzene rings is 2. The van der Waals surface area contributed by atoms with Crippen molar-refractivity contribution in [3.63, 3.8) is 0 Å². The van der Waals surface area contributed by atoms with E-state index < -0.39 is 67.3 Å². The number of nitrogens with zero attached hydrogens (tertiary/aromatic N) is 8. The second kappa shape index (κ2) is 34.6. The van der Waals surface area contributed by atoms with Crippen LogP contribution < -0.4 is 37.2 Å². The maximum atomic E-state index is 14.1. The van der Waals surface area contributed by atoms with Gasteiger partial charge in [0, 0.05) is 98.7 Å². The zero-order valence-electron chi connectivity index (χ0n) is 60.0. The predicted octanol–water partition coefficient (Wildman–Crippen LogP) is 9.39. The lowest BCUT2D eigenvalue weighted by atomic mass is 9.51. The van der Waals surface area contributed by atoms with Crippen LogP contribution in [0.2, 0.25) is 0 Å². The molecular formula is C74H95N14O15PS. The molecule has 2 fully saturated rings. The first kappa shape index (κ1) is 78.1. The maximum absolute atomic E-state index is 14.1. The Hall–Kier alpha value is -9.48. The SMILES string of the molecule is Cc1c(-c2ccc(N3CCc4cccc(C(=O)Nc5nc6ncccc6s5)c4C3)nc2C(=O)O)cnn1CCCC1(OCCN(CCCP(=O)(O)O)C(=O)OCc2ccc(NC(=O)[C@H](CCCNC(N)=O)NC(=O)[C@@H](NC(=O)CCCCCN3C(=O)C=CC3=O)C(C)C)cc2)CC2(C)CCCC(C)(C2)C1. The van der Waals surface area contributed by atoms with Gasteiger partial charge in [0.15, 0.2) is 16.5 Å². The predicted molar refractivity (Wildman–Crippen MR) is 394 cm³/mol. The normalized spacial score (nSPS) is 19.0. The molecule has 0 spiro atoms. The minimum Gasteiger partial charge on any atom is -0.476 e. The number of hydrogen-bond donors (Lipinski definition) is 9. The van der Waals surface area contributed by atoms with Gasteiger partial charge < -0.3 is 61.2 Å². The number of carbonyl (C=O) groups excluding carboxylic acids is 8. The Bertz CT molecular complexity index is 4200. The molecule has 0 radical (unpaired) electrons. The van der Waals surface area contributed by atoms with Crippen LogP contribution in [0.15, 0.2) is 91.3 Å². The summed E-state index contributed by atoms with van der Waals surface area (Å²) in [6.45, 7) is 11.7. The van der Waals surface area contributed by atoms with Crippen molar-refractivity contribution in [2.24, 2.45) is 22.5 Å². The van der Waals surface area contributed by atoms with Gasteiger partial charge >= 0.3 is 25.7 Å². The summed E-state index contributed by atoms with van der Waals surface area (Å²) in [5.41, 5.74) is 10.1. The molecule has 29 nitrogen and oxygen atoms in total. The standard InChI is InChI=1S/C74H95N14O15PS/c1-47(2)62(82-59(89)19-7-6-8-35-87-60(90)26-27-61(87)91)67(94)80-56(17-10-33-77-69(75)97)66(93)79-51-22-20-49(21-23-51)43-102-71(98)85(34-14-40-104(99,100)101)38-39-103-74(45-72(4)29-12-30-73(5,44-72)46-74)31-13-36-88-48(3)54(41-78-88)52-24-25-58(81-63(52)68(95)96)86-37-28-50-15-9-16-53(55(50)42-86)65(92)84-70-83-64-57(105-70)18-11-32-76-64/h9,11,15-16,18,20-27,32,41,47,56,62H,6-8,10,12-14,17,19,28-31,33-40,42-46H2,1-5H3,(H,79,93)(H,80,94)(H,82,89)(H,95,96)(H3,75,77,97)(H2,99,100,101)(H,76,83,84,92)/t56-,62-,72?,73?,74?/m0/s1. The third kappa shape index (κ3) is 20.9. The Morgan fingerprint density at radius 2 is 1.57 bits per heavy atom. The highest BCUT2D eigenvalue weighted by atomic mass is 32.1. The fraction of sp³-hybridized carbons (Fsp3) is 0.500. The number of amides is 9. The van der Waals surface area contributed by atoms with Gasteiger partial charge in [0.05, 0.1) is 29.3 Å². The summed E-state index contributed by atoms with van der Waals surface area (Å²) >= 11 is 1.34. The molecule has 31 heteroatoms. The number of imide groups is 1. The van der Waals surface area contributed by atoms with Crippen molar-refractivity contribution in [1.82, 2.24) is 50.5 Å². The lowest BCUT2D eigenvalue weighted by Gasteiger charge is -2.57. The molecule has 4 atom stereocenters. The van der Waals surface area contributed by atoms with Crippen LogP contribution in [0.3, 0.4) is 0 Å². The summed E-state index contributed by atoms with van der Waals surface area (Å²) in [6.07, 6.45) is 14.1. The topological polar surface area (TPSA) is 402 Å². The molecule has 4 aromatic heterocycles. The molecule has 2 bridgehead atoms. The van der Waals surface area contributed by atoms with Gasteiger partial charge in [0.2, 0.25) is 17.7 Å². The van der Waals surface area contributed by atoms with E-state index in [9.17, 15) is 62.6 Å². The van der Waals surface area contributed by atoms with Crippen molar-refractivity contribution in [3.05, 3.63) is 125 Å². The number of carboxylic acids is 1. The number of nitrogens with one attached hydrogen (secondary N) is 5. The van der Waals surface area contributed by atoms with Crippen molar-refractivity contribution in [2.45, 2.75) is 175 Å². The quantitative estimate of drug-likeness (QED) is 0.0102. The highest BCUT2D eigenvalue weighted by Gasteiger charge is 2.53. The number of ether oxygens (including phenoxy) is 2. The number of nitrogens with two attached hydrogens (primary N) is 1. The molecule has 6 heterocycles. The van der Waals surface area contributed by atoms with E-state index in [1.807, 2.05) is 46.8 Å². The van der Waals surface area contributed by atoms with Gasteiger partial charge in [-0.2, -0.15) is 10.1 Å². The van der Waals surface area contributed by atoms with Crippen LogP contribution in [0.5, 0.6) is 0 Å². The van der Waals surface area contributed by atoms with Gasteiger partial charge in [-0.15, -0.1) is 0 Å². The molecule has 2 unspecified atom stereocenters. The van der Waals surface area contributed by atoms with E-state index in [4.69, 9.17) is 25.3 Å². The average molecular weight is 1480 g/mol. The average Bonchev–Trinajstić information content (AvgIpc) is 1.26. The lowest BCUT2D eigenvalue weighted by molar-refractivity contribution is -0.160. The third-order valence-corrected chi connectivity index (χ3v) is 22.0. The number of carboxylic acid groups (broad SMARTS) is 1. The van der Waals surface area contributed by atoms with Gasteiger partial charge in [-0.1, -0.05) is 76.1 Å². The van der Waals surface area contributed by atoms with Crippen LogP contribution in [0.4, 0.5) is 26.2 Å². The molecule has 562 valence electrons. The number of thiazole rings is 1. The van der Waals surface area contributed by atoms with Gasteiger partial charge in [-0.25, -0.2) is 24.4 Å². The van der Waals surface area contributed by atoms with E-state index in [0.29, 0.717) is 103 Å². The number of urea groups is 1. The largest absolute Gasteiger partial charge is 0.476 e. The van der Waals surface area contributed by atoms with Crippen LogP contribution in [0, 0.1) is 23.7 Å². The first-order valence-electron chi connectivity index (χ1n) is 35.9. The molecule has 2 aliphatic carbocycles. The molecule has 105 heavy (non-hydrogen) atoms. The number of aromatic nitrogens is 5. The number of hydrogen-bond acceptors (Lipinski definition) is 18. The molecule has 0 saturated heterocycles. The Morgan fingerprint density at radius 1 is 0.819 bits per heavy atom. The summed E-state index contributed by atoms with van der Waals surface area (Å²) in [4.78, 5) is 155. The number of fused-ring (bicyclic) bond motifs is 4. The van der Waals surface area contributed by atoms with E-state index in [-0.39, 0.29) is 105 Å². The van der Waals surface area contributed by atoms with E-state index >= 15 is 0 Å². The second-order valence-electron chi connectivity index (χ2n) is 29.0. The summed E-state index contributed by atoms with van der Waals surface area (Å²) in [6, 6.07) is 16.5. The molecule has 4 aliphatic rings. The van der Waals surface area contributed by atoms with Crippen LogP contribution in [0.25, 0.3) is 21.5 Å². The summed E-state index contributed by atoms with van der Waals surface area (Å²) in [5.74, 6) is -3.76. The van der Waals surface area contributed by atoms with E-state index in [2.05, 4.69) is 50.4 Å². The number of pyridine rings is 2. The molecule has 2 saturated carbocycles. The highest BCUT2D eigenvalue weighted by Crippen LogP contribution is 2.60. The van der Waals surface area contributed by atoms with Crippen LogP contribution in [-0.2, 0) is 64.1 Å².